The number of amides is 1. The van der Waals surface area contributed by atoms with E-state index in [0.29, 0.717) is 28.1 Å². The molecule has 2 aromatic carbocycles. The summed E-state index contributed by atoms with van der Waals surface area (Å²) in [6.45, 7) is 5.92. The summed E-state index contributed by atoms with van der Waals surface area (Å²) in [5, 5.41) is 0.902. The Kier molecular flexibility index (Phi) is 6.83. The molecular weight excluding hydrogens is 441 g/mol. The van der Waals surface area contributed by atoms with Gasteiger partial charge in [0, 0.05) is 24.1 Å². The molecule has 0 spiro atoms. The first-order chi connectivity index (χ1) is 12.0. The Labute approximate surface area is 172 Å². The molecule has 0 saturated carbocycles. The van der Waals surface area contributed by atoms with Crippen LogP contribution in [0.4, 0.5) is 4.79 Å². The van der Waals surface area contributed by atoms with Gasteiger partial charge in [-0.3, -0.25) is 0 Å². The second kappa shape index (κ2) is 8.51. The summed E-state index contributed by atoms with van der Waals surface area (Å²) >= 11 is 15.4. The van der Waals surface area contributed by atoms with Gasteiger partial charge in [-0.2, -0.15) is 0 Å². The molecule has 0 aliphatic carbocycles. The molecule has 0 radical (unpaired) electrons. The predicted molar refractivity (Wildman–Crippen MR) is 108 cm³/mol. The number of carbonyl (C=O) groups is 1. The summed E-state index contributed by atoms with van der Waals surface area (Å²) in [4.78, 5) is 13.6. The molecule has 1 amide bonds. The fourth-order valence-corrected chi connectivity index (χ4v) is 2.83. The lowest BCUT2D eigenvalue weighted by Crippen LogP contribution is -2.33. The van der Waals surface area contributed by atoms with Crippen LogP contribution in [-0.2, 0) is 11.3 Å². The summed E-state index contributed by atoms with van der Waals surface area (Å²) in [5.41, 5.74) is 0.403. The van der Waals surface area contributed by atoms with E-state index in [-0.39, 0.29) is 6.09 Å². The molecule has 0 aromatic heterocycles. The van der Waals surface area contributed by atoms with Crippen molar-refractivity contribution in [3.63, 3.8) is 0 Å². The zero-order valence-corrected chi connectivity index (χ0v) is 18.1. The minimum atomic E-state index is -0.528. The summed E-state index contributed by atoms with van der Waals surface area (Å²) in [6.07, 6.45) is -0.375. The molecule has 0 unspecified atom stereocenters. The number of hydrogen-bond donors (Lipinski definition) is 0. The van der Waals surface area contributed by atoms with E-state index >= 15 is 0 Å². The smallest absolute Gasteiger partial charge is 0.410 e. The summed E-state index contributed by atoms with van der Waals surface area (Å²) < 4.78 is 12.0. The molecular formula is C19H20BrCl2NO3. The molecule has 0 aliphatic rings. The maximum Gasteiger partial charge on any atom is 0.410 e. The van der Waals surface area contributed by atoms with Gasteiger partial charge in [0.1, 0.15) is 17.1 Å². The van der Waals surface area contributed by atoms with E-state index < -0.39 is 5.60 Å². The van der Waals surface area contributed by atoms with Gasteiger partial charge in [-0.25, -0.2) is 4.79 Å². The SMILES string of the molecule is CN(Cc1ccc(Oc2ccc(Cl)c(Cl)c2)cc1Br)C(=O)OC(C)(C)C. The molecule has 0 aliphatic heterocycles. The van der Waals surface area contributed by atoms with E-state index in [4.69, 9.17) is 32.7 Å². The zero-order chi connectivity index (χ0) is 19.5. The molecule has 4 nitrogen and oxygen atoms in total. The molecule has 0 heterocycles. The zero-order valence-electron chi connectivity index (χ0n) is 15.0. The van der Waals surface area contributed by atoms with Crippen LogP contribution in [-0.4, -0.2) is 23.6 Å². The van der Waals surface area contributed by atoms with Gasteiger partial charge in [-0.05, 0) is 50.6 Å². The Morgan fingerprint density at radius 2 is 1.69 bits per heavy atom. The van der Waals surface area contributed by atoms with E-state index in [1.807, 2.05) is 39.0 Å². The molecule has 0 saturated heterocycles. The number of nitrogens with zero attached hydrogens (tertiary/aromatic N) is 1. The van der Waals surface area contributed by atoms with Gasteiger partial charge >= 0.3 is 6.09 Å². The number of halogens is 3. The summed E-state index contributed by atoms with van der Waals surface area (Å²) in [7, 11) is 1.70. The Balaban J connectivity index is 2.06. The van der Waals surface area contributed by atoms with Crippen molar-refractivity contribution in [3.8, 4) is 11.5 Å². The number of hydrogen-bond acceptors (Lipinski definition) is 3. The first-order valence-electron chi connectivity index (χ1n) is 7.90. The van der Waals surface area contributed by atoms with Crippen LogP contribution in [0.2, 0.25) is 10.0 Å². The minimum Gasteiger partial charge on any atom is -0.457 e. The maximum atomic E-state index is 12.1. The highest BCUT2D eigenvalue weighted by Gasteiger charge is 2.20. The molecule has 0 bridgehead atoms. The van der Waals surface area contributed by atoms with Crippen LogP contribution in [0.25, 0.3) is 0 Å². The van der Waals surface area contributed by atoms with Crippen LogP contribution in [0, 0.1) is 0 Å². The monoisotopic (exact) mass is 459 g/mol. The van der Waals surface area contributed by atoms with E-state index in [2.05, 4.69) is 15.9 Å². The number of benzene rings is 2. The van der Waals surface area contributed by atoms with E-state index in [0.717, 1.165) is 10.0 Å². The third-order valence-electron chi connectivity index (χ3n) is 3.26. The van der Waals surface area contributed by atoms with Crippen molar-refractivity contribution in [1.82, 2.24) is 4.90 Å². The van der Waals surface area contributed by atoms with Crippen LogP contribution >= 0.6 is 39.1 Å². The average Bonchev–Trinajstić information content (AvgIpc) is 2.52. The van der Waals surface area contributed by atoms with Crippen molar-refractivity contribution in [2.75, 3.05) is 7.05 Å². The number of carbonyl (C=O) groups excluding carboxylic acids is 1. The lowest BCUT2D eigenvalue weighted by atomic mass is 10.2. The van der Waals surface area contributed by atoms with Crippen molar-refractivity contribution < 1.29 is 14.3 Å². The molecule has 7 heteroatoms. The van der Waals surface area contributed by atoms with E-state index in [1.54, 1.807) is 25.2 Å². The van der Waals surface area contributed by atoms with Crippen LogP contribution in [0.15, 0.2) is 40.9 Å². The fraction of sp³-hybridized carbons (Fsp3) is 0.316. The second-order valence-electron chi connectivity index (χ2n) is 6.77. The van der Waals surface area contributed by atoms with E-state index in [9.17, 15) is 4.79 Å². The van der Waals surface area contributed by atoms with Crippen molar-refractivity contribution in [3.05, 3.63) is 56.5 Å². The van der Waals surface area contributed by atoms with Gasteiger partial charge in [-0.15, -0.1) is 0 Å². The third kappa shape index (κ3) is 6.08. The van der Waals surface area contributed by atoms with Crippen LogP contribution in [0.3, 0.4) is 0 Å². The highest BCUT2D eigenvalue weighted by atomic mass is 79.9. The van der Waals surface area contributed by atoms with Crippen molar-refractivity contribution in [1.29, 1.82) is 0 Å². The lowest BCUT2D eigenvalue weighted by Gasteiger charge is -2.25. The standard InChI is InChI=1S/C19H20BrCl2NO3/c1-19(2,3)26-18(24)23(4)11-12-5-6-13(9-15(12)20)25-14-7-8-16(21)17(22)10-14/h5-10H,11H2,1-4H3. The van der Waals surface area contributed by atoms with Gasteiger partial charge in [0.05, 0.1) is 10.0 Å². The van der Waals surface area contributed by atoms with Crippen LogP contribution < -0.4 is 4.74 Å². The van der Waals surface area contributed by atoms with E-state index in [1.165, 1.54) is 4.90 Å². The predicted octanol–water partition coefficient (Wildman–Crippen LogP) is 6.92. The molecule has 140 valence electrons. The first-order valence-corrected chi connectivity index (χ1v) is 9.45. The molecule has 0 fully saturated rings. The number of ether oxygens (including phenoxy) is 2. The number of rotatable bonds is 4. The van der Waals surface area contributed by atoms with Gasteiger partial charge in [0.25, 0.3) is 0 Å². The van der Waals surface area contributed by atoms with Gasteiger partial charge in [0.2, 0.25) is 0 Å². The Morgan fingerprint density at radius 1 is 1.08 bits per heavy atom. The topological polar surface area (TPSA) is 38.8 Å². The van der Waals surface area contributed by atoms with Crippen molar-refractivity contribution in [2.24, 2.45) is 0 Å². The Hall–Kier alpha value is -1.43. The van der Waals surface area contributed by atoms with Gasteiger partial charge in [-0.1, -0.05) is 45.2 Å². The van der Waals surface area contributed by atoms with Crippen molar-refractivity contribution in [2.45, 2.75) is 32.9 Å². The average molecular weight is 461 g/mol. The molecule has 0 atom stereocenters. The highest BCUT2D eigenvalue weighted by molar-refractivity contribution is 9.10. The largest absolute Gasteiger partial charge is 0.457 e. The van der Waals surface area contributed by atoms with Crippen molar-refractivity contribution >= 4 is 45.2 Å². The lowest BCUT2D eigenvalue weighted by molar-refractivity contribution is 0.0285. The molecule has 26 heavy (non-hydrogen) atoms. The normalized spacial score (nSPS) is 11.2. The quantitative estimate of drug-likeness (QED) is 0.497. The third-order valence-corrected chi connectivity index (χ3v) is 4.74. The Morgan fingerprint density at radius 3 is 2.27 bits per heavy atom. The first kappa shape index (κ1) is 20.9. The van der Waals surface area contributed by atoms with Gasteiger partial charge in [0.15, 0.2) is 0 Å². The van der Waals surface area contributed by atoms with Gasteiger partial charge < -0.3 is 14.4 Å². The van der Waals surface area contributed by atoms with Crippen LogP contribution in [0.1, 0.15) is 26.3 Å². The molecule has 0 N–H and O–H groups in total. The second-order valence-corrected chi connectivity index (χ2v) is 8.44. The summed E-state index contributed by atoms with van der Waals surface area (Å²) in [5.74, 6) is 1.23. The molecule has 2 aromatic rings. The Bertz CT molecular complexity index is 806. The maximum absolute atomic E-state index is 12.1. The fourth-order valence-electron chi connectivity index (χ4n) is 2.06. The minimum absolute atomic E-state index is 0.375. The van der Waals surface area contributed by atoms with Crippen LogP contribution in [0.5, 0.6) is 11.5 Å². The molecule has 2 rings (SSSR count). The summed E-state index contributed by atoms with van der Waals surface area (Å²) in [6, 6.07) is 10.6. The highest BCUT2D eigenvalue weighted by Crippen LogP contribution is 2.31.